The largest absolute Gasteiger partial charge is 0.335 e. The molecule has 21 heavy (non-hydrogen) atoms. The van der Waals surface area contributed by atoms with Crippen LogP contribution in [0.15, 0.2) is 48.5 Å². The van der Waals surface area contributed by atoms with Crippen LogP contribution in [0.4, 0.5) is 4.39 Å². The van der Waals surface area contributed by atoms with Gasteiger partial charge in [-0.2, -0.15) is 5.26 Å². The quantitative estimate of drug-likeness (QED) is 0.864. The maximum Gasteiger partial charge on any atom is 0.254 e. The van der Waals surface area contributed by atoms with Gasteiger partial charge in [0, 0.05) is 18.2 Å². The van der Waals surface area contributed by atoms with Crippen LogP contribution in [0.25, 0.3) is 0 Å². The highest BCUT2D eigenvalue weighted by atomic mass is 19.1. The molecule has 2 aromatic rings. The van der Waals surface area contributed by atoms with Crippen molar-refractivity contribution in [3.63, 3.8) is 0 Å². The molecule has 0 aliphatic carbocycles. The monoisotopic (exact) mass is 282 g/mol. The fourth-order valence-electron chi connectivity index (χ4n) is 2.09. The summed E-state index contributed by atoms with van der Waals surface area (Å²) in [6, 6.07) is 14.4. The number of amides is 1. The number of nitrogens with zero attached hydrogens (tertiary/aromatic N) is 2. The first-order chi connectivity index (χ1) is 10.0. The molecule has 0 spiro atoms. The van der Waals surface area contributed by atoms with Gasteiger partial charge in [0.15, 0.2) is 0 Å². The lowest BCUT2D eigenvalue weighted by molar-refractivity contribution is 0.0740. The Hall–Kier alpha value is -2.67. The Morgan fingerprint density at radius 2 is 1.81 bits per heavy atom. The maximum atomic E-state index is 13.8. The lowest BCUT2D eigenvalue weighted by Crippen LogP contribution is -2.30. The number of hydrogen-bond donors (Lipinski definition) is 0. The van der Waals surface area contributed by atoms with Crippen LogP contribution in [0, 0.1) is 17.1 Å². The molecule has 0 aliphatic heterocycles. The number of halogens is 1. The van der Waals surface area contributed by atoms with Gasteiger partial charge < -0.3 is 4.90 Å². The molecule has 1 atom stereocenters. The van der Waals surface area contributed by atoms with Gasteiger partial charge in [-0.05, 0) is 37.3 Å². The first-order valence-electron chi connectivity index (χ1n) is 6.56. The van der Waals surface area contributed by atoms with Gasteiger partial charge in [0.05, 0.1) is 17.7 Å². The average molecular weight is 282 g/mol. The van der Waals surface area contributed by atoms with Gasteiger partial charge in [-0.25, -0.2) is 4.39 Å². The van der Waals surface area contributed by atoms with E-state index in [4.69, 9.17) is 5.26 Å². The van der Waals surface area contributed by atoms with Crippen LogP contribution in [0.2, 0.25) is 0 Å². The van der Waals surface area contributed by atoms with E-state index in [0.29, 0.717) is 16.7 Å². The maximum absolute atomic E-state index is 13.8. The summed E-state index contributed by atoms with van der Waals surface area (Å²) in [7, 11) is 1.64. The minimum atomic E-state index is -0.380. The fraction of sp³-hybridized carbons (Fsp3) is 0.176. The molecule has 1 amide bonds. The third kappa shape index (κ3) is 3.09. The summed E-state index contributed by atoms with van der Waals surface area (Å²) in [4.78, 5) is 13.9. The molecule has 0 bridgehead atoms. The minimum Gasteiger partial charge on any atom is -0.335 e. The van der Waals surface area contributed by atoms with Crippen LogP contribution in [0.5, 0.6) is 0 Å². The summed E-state index contributed by atoms with van der Waals surface area (Å²) in [6.45, 7) is 1.78. The second-order valence-electron chi connectivity index (χ2n) is 4.80. The smallest absolute Gasteiger partial charge is 0.254 e. The SMILES string of the molecule is CC(c1ccccc1F)N(C)C(=O)c1ccc(C#N)cc1. The molecule has 0 N–H and O–H groups in total. The van der Waals surface area contributed by atoms with Gasteiger partial charge in [0.1, 0.15) is 5.82 Å². The molecule has 2 rings (SSSR count). The summed E-state index contributed by atoms with van der Waals surface area (Å²) in [5.41, 5.74) is 1.44. The molecular formula is C17H15FN2O. The van der Waals surface area contributed by atoms with E-state index < -0.39 is 0 Å². The Bertz CT molecular complexity index is 689. The molecule has 0 aliphatic rings. The van der Waals surface area contributed by atoms with Crippen molar-refractivity contribution >= 4 is 5.91 Å². The van der Waals surface area contributed by atoms with Crippen molar-refractivity contribution < 1.29 is 9.18 Å². The number of carbonyl (C=O) groups excluding carboxylic acids is 1. The fourth-order valence-corrected chi connectivity index (χ4v) is 2.09. The molecular weight excluding hydrogens is 267 g/mol. The first-order valence-corrected chi connectivity index (χ1v) is 6.56. The van der Waals surface area contributed by atoms with E-state index in [1.165, 1.54) is 11.0 Å². The van der Waals surface area contributed by atoms with Gasteiger partial charge in [0.25, 0.3) is 5.91 Å². The van der Waals surface area contributed by atoms with Gasteiger partial charge in [-0.1, -0.05) is 18.2 Å². The molecule has 0 radical (unpaired) electrons. The first kappa shape index (κ1) is 14.7. The third-order valence-electron chi connectivity index (χ3n) is 3.52. The molecule has 0 aromatic heterocycles. The predicted molar refractivity (Wildman–Crippen MR) is 78.1 cm³/mol. The molecule has 2 aromatic carbocycles. The van der Waals surface area contributed by atoms with Crippen LogP contribution in [-0.2, 0) is 0 Å². The number of rotatable bonds is 3. The summed E-state index contributed by atoms with van der Waals surface area (Å²) < 4.78 is 13.8. The van der Waals surface area contributed by atoms with Crippen molar-refractivity contribution in [3.05, 3.63) is 71.0 Å². The van der Waals surface area contributed by atoms with Gasteiger partial charge >= 0.3 is 0 Å². The highest BCUT2D eigenvalue weighted by molar-refractivity contribution is 5.94. The summed E-state index contributed by atoms with van der Waals surface area (Å²) in [6.07, 6.45) is 0. The van der Waals surface area contributed by atoms with Gasteiger partial charge in [-0.3, -0.25) is 4.79 Å². The normalized spacial score (nSPS) is 11.5. The van der Waals surface area contributed by atoms with Crippen molar-refractivity contribution in [3.8, 4) is 6.07 Å². The molecule has 0 saturated heterocycles. The van der Waals surface area contributed by atoms with E-state index >= 15 is 0 Å². The van der Waals surface area contributed by atoms with Crippen molar-refractivity contribution in [2.24, 2.45) is 0 Å². The van der Waals surface area contributed by atoms with E-state index in [1.807, 2.05) is 6.07 Å². The van der Waals surface area contributed by atoms with E-state index in [2.05, 4.69) is 0 Å². The number of benzene rings is 2. The second-order valence-corrected chi connectivity index (χ2v) is 4.80. The number of nitriles is 1. The summed E-state index contributed by atoms with van der Waals surface area (Å²) in [5.74, 6) is -0.542. The van der Waals surface area contributed by atoms with Gasteiger partial charge in [0.2, 0.25) is 0 Å². The Kier molecular flexibility index (Phi) is 4.34. The van der Waals surface area contributed by atoms with E-state index in [9.17, 15) is 9.18 Å². The third-order valence-corrected chi connectivity index (χ3v) is 3.52. The second kappa shape index (κ2) is 6.19. The molecule has 0 heterocycles. The van der Waals surface area contributed by atoms with Gasteiger partial charge in [-0.15, -0.1) is 0 Å². The molecule has 3 nitrogen and oxygen atoms in total. The number of carbonyl (C=O) groups is 1. The molecule has 0 saturated carbocycles. The minimum absolute atomic E-state index is 0.213. The van der Waals surface area contributed by atoms with Crippen LogP contribution in [0.3, 0.4) is 0 Å². The van der Waals surface area contributed by atoms with Crippen molar-refractivity contribution in [2.45, 2.75) is 13.0 Å². The molecule has 106 valence electrons. The lowest BCUT2D eigenvalue weighted by atomic mass is 10.1. The van der Waals surface area contributed by atoms with E-state index in [0.717, 1.165) is 0 Å². The lowest BCUT2D eigenvalue weighted by Gasteiger charge is -2.25. The van der Waals surface area contributed by atoms with Crippen molar-refractivity contribution in [2.75, 3.05) is 7.05 Å². The summed E-state index contributed by atoms with van der Waals surface area (Å²) in [5, 5.41) is 8.76. The highest BCUT2D eigenvalue weighted by Crippen LogP contribution is 2.23. The highest BCUT2D eigenvalue weighted by Gasteiger charge is 2.20. The zero-order valence-corrected chi connectivity index (χ0v) is 11.9. The topological polar surface area (TPSA) is 44.1 Å². The number of hydrogen-bond acceptors (Lipinski definition) is 2. The Morgan fingerprint density at radius 3 is 2.38 bits per heavy atom. The summed E-state index contributed by atoms with van der Waals surface area (Å²) >= 11 is 0. The van der Waals surface area contributed by atoms with Crippen LogP contribution in [-0.4, -0.2) is 17.9 Å². The van der Waals surface area contributed by atoms with Crippen LogP contribution < -0.4 is 0 Å². The zero-order valence-electron chi connectivity index (χ0n) is 11.9. The van der Waals surface area contributed by atoms with E-state index in [1.54, 1.807) is 56.4 Å². The van der Waals surface area contributed by atoms with Crippen molar-refractivity contribution in [1.29, 1.82) is 5.26 Å². The molecule has 1 unspecified atom stereocenters. The predicted octanol–water partition coefficient (Wildman–Crippen LogP) is 3.53. The Labute approximate surface area is 123 Å². The van der Waals surface area contributed by atoms with Crippen LogP contribution in [0.1, 0.15) is 34.5 Å². The van der Waals surface area contributed by atoms with Crippen molar-refractivity contribution in [1.82, 2.24) is 4.90 Å². The van der Waals surface area contributed by atoms with Crippen LogP contribution >= 0.6 is 0 Å². The Morgan fingerprint density at radius 1 is 1.19 bits per heavy atom. The molecule has 0 fully saturated rings. The average Bonchev–Trinajstić information content (AvgIpc) is 2.53. The molecule has 4 heteroatoms. The van der Waals surface area contributed by atoms with E-state index in [-0.39, 0.29) is 17.8 Å². The Balaban J connectivity index is 2.22. The standard InChI is InChI=1S/C17H15FN2O/c1-12(15-5-3-4-6-16(15)18)20(2)17(21)14-9-7-13(11-19)8-10-14/h3-10,12H,1-2H3. The zero-order chi connectivity index (χ0) is 15.4.